The van der Waals surface area contributed by atoms with Crippen LogP contribution >= 0.6 is 0 Å². The van der Waals surface area contributed by atoms with Crippen molar-refractivity contribution in [2.45, 2.75) is 19.4 Å². The highest BCUT2D eigenvalue weighted by Crippen LogP contribution is 2.15. The van der Waals surface area contributed by atoms with Crippen molar-refractivity contribution in [1.82, 2.24) is 9.97 Å². The molecule has 4 nitrogen and oxygen atoms in total. The third-order valence-electron chi connectivity index (χ3n) is 2.15. The fraction of sp³-hybridized carbons (Fsp3) is 0.273. The average Bonchev–Trinajstić information content (AvgIpc) is 2.71. The van der Waals surface area contributed by atoms with E-state index in [0.29, 0.717) is 12.1 Å². The Hall–Kier alpha value is -1.68. The number of aromatic nitrogens is 2. The van der Waals surface area contributed by atoms with E-state index >= 15 is 0 Å². The molecule has 1 N–H and O–H groups in total. The van der Waals surface area contributed by atoms with E-state index in [2.05, 4.69) is 9.97 Å². The maximum Gasteiger partial charge on any atom is 0.102 e. The molecule has 0 fully saturated rings. The minimum absolute atomic E-state index is 0.494. The van der Waals surface area contributed by atoms with Gasteiger partial charge in [0.2, 0.25) is 0 Å². The quantitative estimate of drug-likeness (QED) is 0.825. The van der Waals surface area contributed by atoms with E-state index in [0.717, 1.165) is 11.3 Å². The SMILES string of the molecule is Cc1cnc(C(O)Cc2ccoc2)cn1. The van der Waals surface area contributed by atoms with Gasteiger partial charge in [-0.15, -0.1) is 0 Å². The Bertz CT molecular complexity index is 409. The van der Waals surface area contributed by atoms with Gasteiger partial charge in [-0.25, -0.2) is 0 Å². The van der Waals surface area contributed by atoms with Crippen LogP contribution in [0.3, 0.4) is 0 Å². The number of hydrogen-bond donors (Lipinski definition) is 1. The van der Waals surface area contributed by atoms with Gasteiger partial charge in [0.25, 0.3) is 0 Å². The summed E-state index contributed by atoms with van der Waals surface area (Å²) in [6.45, 7) is 1.86. The molecule has 0 spiro atoms. The molecule has 0 amide bonds. The van der Waals surface area contributed by atoms with Gasteiger partial charge in [0.15, 0.2) is 0 Å². The van der Waals surface area contributed by atoms with Crippen molar-refractivity contribution in [2.75, 3.05) is 0 Å². The van der Waals surface area contributed by atoms with Crippen molar-refractivity contribution in [3.8, 4) is 0 Å². The fourth-order valence-corrected chi connectivity index (χ4v) is 1.31. The molecule has 1 atom stereocenters. The first kappa shape index (κ1) is 9.86. The van der Waals surface area contributed by atoms with Crippen molar-refractivity contribution in [2.24, 2.45) is 0 Å². The Balaban J connectivity index is 2.08. The van der Waals surface area contributed by atoms with Gasteiger partial charge in [0.1, 0.15) is 6.10 Å². The molecule has 0 aliphatic heterocycles. The molecule has 0 aliphatic rings. The zero-order valence-corrected chi connectivity index (χ0v) is 8.42. The first-order chi connectivity index (χ1) is 7.25. The predicted octanol–water partition coefficient (Wildman–Crippen LogP) is 1.65. The molecule has 78 valence electrons. The number of rotatable bonds is 3. The minimum atomic E-state index is -0.629. The number of aliphatic hydroxyl groups excluding tert-OH is 1. The van der Waals surface area contributed by atoms with Crippen LogP contribution in [0.1, 0.15) is 23.1 Å². The molecule has 15 heavy (non-hydrogen) atoms. The molecule has 2 aromatic heterocycles. The van der Waals surface area contributed by atoms with Crippen LogP contribution in [0.2, 0.25) is 0 Å². The maximum absolute atomic E-state index is 9.84. The lowest BCUT2D eigenvalue weighted by molar-refractivity contribution is 0.173. The van der Waals surface area contributed by atoms with Gasteiger partial charge in [-0.05, 0) is 18.6 Å². The number of hydrogen-bond acceptors (Lipinski definition) is 4. The molecule has 2 aromatic rings. The smallest absolute Gasteiger partial charge is 0.102 e. The van der Waals surface area contributed by atoms with Gasteiger partial charge >= 0.3 is 0 Å². The summed E-state index contributed by atoms with van der Waals surface area (Å²) < 4.78 is 4.92. The summed E-state index contributed by atoms with van der Waals surface area (Å²) in [6.07, 6.45) is 6.31. The first-order valence-electron chi connectivity index (χ1n) is 4.73. The molecule has 0 saturated carbocycles. The highest BCUT2D eigenvalue weighted by atomic mass is 16.3. The van der Waals surface area contributed by atoms with Crippen molar-refractivity contribution in [1.29, 1.82) is 0 Å². The largest absolute Gasteiger partial charge is 0.472 e. The van der Waals surface area contributed by atoms with Crippen LogP contribution in [0.25, 0.3) is 0 Å². The van der Waals surface area contributed by atoms with E-state index in [1.807, 2.05) is 13.0 Å². The Morgan fingerprint density at radius 2 is 2.27 bits per heavy atom. The Morgan fingerprint density at radius 3 is 2.87 bits per heavy atom. The predicted molar refractivity (Wildman–Crippen MR) is 54.1 cm³/mol. The Kier molecular flexibility index (Phi) is 2.78. The number of aryl methyl sites for hydroxylation is 1. The van der Waals surface area contributed by atoms with Crippen LogP contribution in [0.5, 0.6) is 0 Å². The summed E-state index contributed by atoms with van der Waals surface area (Å²) in [4.78, 5) is 8.20. The molecular weight excluding hydrogens is 192 g/mol. The molecule has 0 saturated heterocycles. The lowest BCUT2D eigenvalue weighted by Gasteiger charge is -2.07. The monoisotopic (exact) mass is 204 g/mol. The summed E-state index contributed by atoms with van der Waals surface area (Å²) in [5, 5.41) is 9.84. The molecule has 2 rings (SSSR count). The number of furan rings is 1. The topological polar surface area (TPSA) is 59.2 Å². The zero-order chi connectivity index (χ0) is 10.7. The van der Waals surface area contributed by atoms with Gasteiger partial charge < -0.3 is 9.52 Å². The average molecular weight is 204 g/mol. The van der Waals surface area contributed by atoms with E-state index in [9.17, 15) is 5.11 Å². The van der Waals surface area contributed by atoms with E-state index in [1.54, 1.807) is 24.9 Å². The van der Waals surface area contributed by atoms with Crippen LogP contribution < -0.4 is 0 Å². The molecule has 0 aliphatic carbocycles. The number of aliphatic hydroxyl groups is 1. The van der Waals surface area contributed by atoms with Crippen molar-refractivity contribution in [3.63, 3.8) is 0 Å². The zero-order valence-electron chi connectivity index (χ0n) is 8.42. The molecule has 4 heteroatoms. The van der Waals surface area contributed by atoms with Crippen molar-refractivity contribution < 1.29 is 9.52 Å². The fourth-order valence-electron chi connectivity index (χ4n) is 1.31. The summed E-state index contributed by atoms with van der Waals surface area (Å²) in [6, 6.07) is 1.82. The normalized spacial score (nSPS) is 12.7. The first-order valence-corrected chi connectivity index (χ1v) is 4.73. The molecule has 0 bridgehead atoms. The minimum Gasteiger partial charge on any atom is -0.472 e. The standard InChI is InChI=1S/C11H12N2O2/c1-8-5-13-10(6-12-8)11(14)4-9-2-3-15-7-9/h2-3,5-7,11,14H,4H2,1H3. The Morgan fingerprint density at radius 1 is 1.40 bits per heavy atom. The third kappa shape index (κ3) is 2.41. The van der Waals surface area contributed by atoms with E-state index in [4.69, 9.17) is 4.42 Å². The molecule has 2 heterocycles. The van der Waals surface area contributed by atoms with Crippen LogP contribution in [-0.2, 0) is 6.42 Å². The highest BCUT2D eigenvalue weighted by molar-refractivity contribution is 5.11. The highest BCUT2D eigenvalue weighted by Gasteiger charge is 2.10. The third-order valence-corrected chi connectivity index (χ3v) is 2.15. The summed E-state index contributed by atoms with van der Waals surface area (Å²) in [5.41, 5.74) is 2.38. The lowest BCUT2D eigenvalue weighted by atomic mass is 10.1. The van der Waals surface area contributed by atoms with Gasteiger partial charge in [0.05, 0.1) is 30.1 Å². The second-order valence-electron chi connectivity index (χ2n) is 3.43. The summed E-state index contributed by atoms with van der Waals surface area (Å²) in [7, 11) is 0. The van der Waals surface area contributed by atoms with Crippen molar-refractivity contribution >= 4 is 0 Å². The Labute approximate surface area is 87.6 Å². The second kappa shape index (κ2) is 4.23. The van der Waals surface area contributed by atoms with E-state index in [-0.39, 0.29) is 0 Å². The van der Waals surface area contributed by atoms with Crippen LogP contribution in [0, 0.1) is 6.92 Å². The van der Waals surface area contributed by atoms with Crippen LogP contribution in [0.4, 0.5) is 0 Å². The van der Waals surface area contributed by atoms with Gasteiger partial charge in [-0.2, -0.15) is 0 Å². The van der Waals surface area contributed by atoms with E-state index in [1.165, 1.54) is 0 Å². The molecule has 0 radical (unpaired) electrons. The maximum atomic E-state index is 9.84. The van der Waals surface area contributed by atoms with Crippen molar-refractivity contribution in [3.05, 3.63) is 47.9 Å². The van der Waals surface area contributed by atoms with Gasteiger partial charge in [-0.3, -0.25) is 9.97 Å². The lowest BCUT2D eigenvalue weighted by Crippen LogP contribution is -2.04. The second-order valence-corrected chi connectivity index (χ2v) is 3.43. The van der Waals surface area contributed by atoms with Gasteiger partial charge in [0, 0.05) is 12.6 Å². The van der Waals surface area contributed by atoms with E-state index < -0.39 is 6.10 Å². The van der Waals surface area contributed by atoms with Crippen LogP contribution in [-0.4, -0.2) is 15.1 Å². The van der Waals surface area contributed by atoms with Gasteiger partial charge in [-0.1, -0.05) is 0 Å². The molecule has 1 unspecified atom stereocenters. The molecular formula is C11H12N2O2. The summed E-state index contributed by atoms with van der Waals surface area (Å²) >= 11 is 0. The molecule has 0 aromatic carbocycles. The van der Waals surface area contributed by atoms with Crippen LogP contribution in [0.15, 0.2) is 35.4 Å². The number of nitrogens with zero attached hydrogens (tertiary/aromatic N) is 2. The summed E-state index contributed by atoms with van der Waals surface area (Å²) in [5.74, 6) is 0.